The Kier molecular flexibility index (Phi) is 6.01. The highest BCUT2D eigenvalue weighted by Crippen LogP contribution is 2.57. The van der Waals surface area contributed by atoms with Crippen LogP contribution in [0, 0.1) is 0 Å². The van der Waals surface area contributed by atoms with Gasteiger partial charge in [-0.1, -0.05) is 141 Å². The monoisotopic (exact) mass is 663 g/mol. The first kappa shape index (κ1) is 29.2. The number of para-hydroxylation sites is 2. The van der Waals surface area contributed by atoms with Crippen LogP contribution in [-0.2, 0) is 5.41 Å². The lowest BCUT2D eigenvalue weighted by atomic mass is 9.78. The molecule has 52 heavy (non-hydrogen) atoms. The lowest BCUT2D eigenvalue weighted by molar-refractivity contribution is 0.670. The van der Waals surface area contributed by atoms with E-state index in [0.29, 0.717) is 0 Å². The molecular weight excluding hydrogens is 631 g/mol. The van der Waals surface area contributed by atoms with Crippen molar-refractivity contribution in [3.8, 4) is 39.5 Å². The number of hydrogen-bond acceptors (Lipinski definition) is 2. The fourth-order valence-electron chi connectivity index (χ4n) is 9.14. The van der Waals surface area contributed by atoms with E-state index in [-0.39, 0.29) is 5.41 Å². The zero-order valence-electron chi connectivity index (χ0n) is 28.9. The lowest BCUT2D eigenvalue weighted by Gasteiger charge is -2.25. The van der Waals surface area contributed by atoms with Crippen molar-refractivity contribution in [2.45, 2.75) is 19.3 Å². The molecule has 0 saturated heterocycles. The summed E-state index contributed by atoms with van der Waals surface area (Å²) in [5, 5.41) is 8.87. The molecule has 244 valence electrons. The fraction of sp³-hybridized carbons (Fsp3) is 0.0612. The van der Waals surface area contributed by atoms with Crippen molar-refractivity contribution in [2.24, 2.45) is 0 Å². The van der Waals surface area contributed by atoms with Crippen molar-refractivity contribution in [1.29, 1.82) is 0 Å². The van der Waals surface area contributed by atoms with Crippen LogP contribution in [0.1, 0.15) is 25.0 Å². The number of benzene rings is 8. The number of rotatable bonds is 3. The Labute approximate surface area is 301 Å². The molecular formula is C49H33N3. The normalized spacial score (nSPS) is 13.3. The maximum absolute atomic E-state index is 5.15. The standard InChI is InChI=1S/C49H33N3/c1-49(2)44-37-20-9-7-17-34(37)33-16-6-8-19-36(33)43(44)40-29-28-38-35-18-11-13-23-42(35)52(47(38)45(40)49)32-26-24-31(25-27-32)48-50-41-22-12-10-21-39(41)46(51-48)30-14-4-3-5-15-30/h3-29H,1-2H3. The molecule has 10 aromatic rings. The third-order valence-corrected chi connectivity index (χ3v) is 11.3. The van der Waals surface area contributed by atoms with Crippen LogP contribution in [0.5, 0.6) is 0 Å². The van der Waals surface area contributed by atoms with E-state index in [1.165, 1.54) is 65.6 Å². The van der Waals surface area contributed by atoms with E-state index >= 15 is 0 Å². The van der Waals surface area contributed by atoms with Crippen molar-refractivity contribution in [1.82, 2.24) is 14.5 Å². The third kappa shape index (κ3) is 3.96. The van der Waals surface area contributed by atoms with Gasteiger partial charge in [0, 0.05) is 38.4 Å². The average Bonchev–Trinajstić information content (AvgIpc) is 3.66. The number of aromatic nitrogens is 3. The highest BCUT2D eigenvalue weighted by atomic mass is 15.0. The molecule has 0 aliphatic heterocycles. The number of fused-ring (bicyclic) bond motifs is 13. The molecule has 0 unspecified atom stereocenters. The van der Waals surface area contributed by atoms with Gasteiger partial charge in [-0.3, -0.25) is 0 Å². The molecule has 0 amide bonds. The van der Waals surface area contributed by atoms with Crippen molar-refractivity contribution in [3.05, 3.63) is 175 Å². The molecule has 0 N–H and O–H groups in total. The SMILES string of the molecule is CC1(C)c2c(c3ccccc3c3ccccc23)-c2ccc3c4ccccc4n(-c4ccc(-c5nc(-c6ccccc6)c6ccccc6n5)cc4)c3c21. The first-order chi connectivity index (χ1) is 25.6. The lowest BCUT2D eigenvalue weighted by Crippen LogP contribution is -2.17. The highest BCUT2D eigenvalue weighted by Gasteiger charge is 2.41. The van der Waals surface area contributed by atoms with E-state index in [4.69, 9.17) is 9.97 Å². The molecule has 2 heterocycles. The summed E-state index contributed by atoms with van der Waals surface area (Å²) >= 11 is 0. The average molecular weight is 664 g/mol. The smallest absolute Gasteiger partial charge is 0.160 e. The van der Waals surface area contributed by atoms with Gasteiger partial charge in [0.25, 0.3) is 0 Å². The topological polar surface area (TPSA) is 30.7 Å². The molecule has 0 atom stereocenters. The predicted octanol–water partition coefficient (Wildman–Crippen LogP) is 12.7. The first-order valence-electron chi connectivity index (χ1n) is 18.0. The van der Waals surface area contributed by atoms with Gasteiger partial charge in [-0.2, -0.15) is 0 Å². The number of hydrogen-bond donors (Lipinski definition) is 0. The molecule has 11 rings (SSSR count). The molecule has 2 aromatic heterocycles. The van der Waals surface area contributed by atoms with Gasteiger partial charge < -0.3 is 4.57 Å². The third-order valence-electron chi connectivity index (χ3n) is 11.3. The summed E-state index contributed by atoms with van der Waals surface area (Å²) in [6.07, 6.45) is 0. The molecule has 8 aromatic carbocycles. The molecule has 0 bridgehead atoms. The Morgan fingerprint density at radius 2 is 1.06 bits per heavy atom. The second kappa shape index (κ2) is 10.7. The minimum Gasteiger partial charge on any atom is -0.309 e. The molecule has 3 nitrogen and oxygen atoms in total. The minimum atomic E-state index is -0.243. The fourth-order valence-corrected chi connectivity index (χ4v) is 9.14. The minimum absolute atomic E-state index is 0.243. The largest absolute Gasteiger partial charge is 0.309 e. The Hall–Kier alpha value is -6.58. The van der Waals surface area contributed by atoms with E-state index in [1.54, 1.807) is 0 Å². The molecule has 0 saturated carbocycles. The summed E-state index contributed by atoms with van der Waals surface area (Å²) < 4.78 is 2.49. The van der Waals surface area contributed by atoms with Gasteiger partial charge in [0.2, 0.25) is 0 Å². The van der Waals surface area contributed by atoms with Gasteiger partial charge in [0.05, 0.1) is 22.2 Å². The molecule has 1 aliphatic rings. The molecule has 1 aliphatic carbocycles. The van der Waals surface area contributed by atoms with Gasteiger partial charge in [-0.25, -0.2) is 9.97 Å². The van der Waals surface area contributed by atoms with Crippen molar-refractivity contribution in [2.75, 3.05) is 0 Å². The van der Waals surface area contributed by atoms with Crippen LogP contribution in [0.4, 0.5) is 0 Å². The Morgan fingerprint density at radius 3 is 1.83 bits per heavy atom. The van der Waals surface area contributed by atoms with Gasteiger partial charge in [0.1, 0.15) is 0 Å². The van der Waals surface area contributed by atoms with Gasteiger partial charge in [0.15, 0.2) is 5.82 Å². The maximum Gasteiger partial charge on any atom is 0.160 e. The Balaban J connectivity index is 1.15. The van der Waals surface area contributed by atoms with Crippen LogP contribution >= 0.6 is 0 Å². The van der Waals surface area contributed by atoms with Gasteiger partial charge in [-0.15, -0.1) is 0 Å². The van der Waals surface area contributed by atoms with Gasteiger partial charge >= 0.3 is 0 Å². The molecule has 0 radical (unpaired) electrons. The maximum atomic E-state index is 5.15. The summed E-state index contributed by atoms with van der Waals surface area (Å²) in [5.41, 5.74) is 12.8. The van der Waals surface area contributed by atoms with Crippen LogP contribution in [0.15, 0.2) is 164 Å². The zero-order chi connectivity index (χ0) is 34.6. The summed E-state index contributed by atoms with van der Waals surface area (Å²) in [7, 11) is 0. The van der Waals surface area contributed by atoms with E-state index in [9.17, 15) is 0 Å². The molecule has 3 heteroatoms. The number of nitrogens with zero attached hydrogens (tertiary/aromatic N) is 3. The first-order valence-corrected chi connectivity index (χ1v) is 18.0. The Morgan fingerprint density at radius 1 is 0.442 bits per heavy atom. The summed E-state index contributed by atoms with van der Waals surface area (Å²) in [4.78, 5) is 10.2. The second-order valence-corrected chi connectivity index (χ2v) is 14.5. The van der Waals surface area contributed by atoms with Crippen LogP contribution in [0.25, 0.3) is 93.7 Å². The van der Waals surface area contributed by atoms with E-state index < -0.39 is 0 Å². The van der Waals surface area contributed by atoms with Crippen LogP contribution in [0.3, 0.4) is 0 Å². The molecule has 0 fully saturated rings. The van der Waals surface area contributed by atoms with Crippen molar-refractivity contribution >= 4 is 54.3 Å². The molecule has 0 spiro atoms. The van der Waals surface area contributed by atoms with Crippen LogP contribution < -0.4 is 0 Å². The summed E-state index contributed by atoms with van der Waals surface area (Å²) in [6.45, 7) is 4.84. The van der Waals surface area contributed by atoms with Crippen LogP contribution in [0.2, 0.25) is 0 Å². The van der Waals surface area contributed by atoms with Crippen LogP contribution in [-0.4, -0.2) is 14.5 Å². The van der Waals surface area contributed by atoms with E-state index in [2.05, 4.69) is 170 Å². The van der Waals surface area contributed by atoms with E-state index in [0.717, 1.165) is 39.2 Å². The Bertz CT molecular complexity index is 3080. The highest BCUT2D eigenvalue weighted by molar-refractivity contribution is 6.21. The van der Waals surface area contributed by atoms with Gasteiger partial charge in [-0.05, 0) is 80.2 Å². The summed E-state index contributed by atoms with van der Waals surface area (Å²) in [6, 6.07) is 59.0. The zero-order valence-corrected chi connectivity index (χ0v) is 28.9. The van der Waals surface area contributed by atoms with Crippen molar-refractivity contribution in [3.63, 3.8) is 0 Å². The van der Waals surface area contributed by atoms with E-state index in [1.807, 2.05) is 12.1 Å². The summed E-state index contributed by atoms with van der Waals surface area (Å²) in [5.74, 6) is 0.725. The quantitative estimate of drug-likeness (QED) is 0.176. The predicted molar refractivity (Wildman–Crippen MR) is 217 cm³/mol. The second-order valence-electron chi connectivity index (χ2n) is 14.5. The van der Waals surface area contributed by atoms with Crippen molar-refractivity contribution < 1.29 is 0 Å².